The molecule has 0 unspecified atom stereocenters. The predicted octanol–water partition coefficient (Wildman–Crippen LogP) is 5.77. The molecule has 2 aromatic carbocycles. The third-order valence-electron chi connectivity index (χ3n) is 4.66. The molecule has 0 spiro atoms. The maximum absolute atomic E-state index is 13.4. The van der Waals surface area contributed by atoms with Crippen LogP contribution >= 0.6 is 0 Å². The van der Waals surface area contributed by atoms with Crippen molar-refractivity contribution in [3.8, 4) is 22.5 Å². The topological polar surface area (TPSA) is 85.6 Å². The Morgan fingerprint density at radius 1 is 1.17 bits per heavy atom. The highest BCUT2D eigenvalue weighted by Gasteiger charge is 2.22. The van der Waals surface area contributed by atoms with Crippen molar-refractivity contribution in [2.24, 2.45) is 5.41 Å². The van der Waals surface area contributed by atoms with Gasteiger partial charge in [-0.25, -0.2) is 4.39 Å². The number of oxazole rings is 1. The van der Waals surface area contributed by atoms with Crippen LogP contribution in [0.3, 0.4) is 0 Å². The van der Waals surface area contributed by atoms with Crippen molar-refractivity contribution in [3.63, 3.8) is 0 Å². The van der Waals surface area contributed by atoms with Gasteiger partial charge in [0.05, 0.1) is 10.6 Å². The molecule has 0 aliphatic heterocycles. The second-order valence-electron chi connectivity index (χ2n) is 8.27. The van der Waals surface area contributed by atoms with Crippen LogP contribution in [0.25, 0.3) is 28.4 Å². The average Bonchev–Trinajstić information content (AvgIpc) is 3.27. The summed E-state index contributed by atoms with van der Waals surface area (Å²) in [4.78, 5) is 15.7. The van der Waals surface area contributed by atoms with E-state index in [0.29, 0.717) is 35.0 Å². The lowest BCUT2D eigenvalue weighted by Gasteiger charge is -2.20. The average molecular weight is 408 g/mol. The Morgan fingerprint density at radius 2 is 1.87 bits per heavy atom. The highest BCUT2D eigenvalue weighted by Crippen LogP contribution is 2.37. The molecule has 0 aliphatic rings. The summed E-state index contributed by atoms with van der Waals surface area (Å²) in [7, 11) is 0. The minimum atomic E-state index is -0.403. The van der Waals surface area contributed by atoms with Crippen LogP contribution in [0, 0.1) is 21.3 Å². The van der Waals surface area contributed by atoms with Gasteiger partial charge in [0.1, 0.15) is 23.5 Å². The Bertz CT molecular complexity index is 1220. The highest BCUT2D eigenvalue weighted by molar-refractivity contribution is 5.84. The van der Waals surface area contributed by atoms with E-state index in [0.717, 1.165) is 5.56 Å². The number of nitro benzene ring substituents is 1. The predicted molar refractivity (Wildman–Crippen MR) is 113 cm³/mol. The number of halogens is 1. The number of anilines is 1. The molecule has 2 aromatic heterocycles. The van der Waals surface area contributed by atoms with Crippen LogP contribution in [0.5, 0.6) is 0 Å². The fourth-order valence-electron chi connectivity index (χ4n) is 3.22. The number of aromatic nitrogens is 2. The van der Waals surface area contributed by atoms with Gasteiger partial charge in [-0.3, -0.25) is 14.5 Å². The standard InChI is InChI=1S/C22H21FN4O3/c1-22(2,3)13-24-17-12-15(6-9-18(17)27(28)29)20-19(14-4-7-16(23)8-5-14)25-21-26(20)10-11-30-21/h4-12,24H,13H2,1-3H3. The minimum Gasteiger partial charge on any atom is -0.432 e. The van der Waals surface area contributed by atoms with Gasteiger partial charge in [0.15, 0.2) is 0 Å². The molecule has 0 amide bonds. The number of hydrogen-bond donors (Lipinski definition) is 1. The summed E-state index contributed by atoms with van der Waals surface area (Å²) in [6, 6.07) is 10.9. The first kappa shape index (κ1) is 19.6. The fourth-order valence-corrected chi connectivity index (χ4v) is 3.22. The Labute approximate surface area is 172 Å². The van der Waals surface area contributed by atoms with Crippen LogP contribution in [0.15, 0.2) is 59.3 Å². The van der Waals surface area contributed by atoms with Crippen molar-refractivity contribution in [2.45, 2.75) is 20.8 Å². The van der Waals surface area contributed by atoms with Crippen molar-refractivity contribution in [2.75, 3.05) is 11.9 Å². The van der Waals surface area contributed by atoms with E-state index in [4.69, 9.17) is 4.42 Å². The number of imidazole rings is 1. The Hall–Kier alpha value is -3.68. The molecule has 4 rings (SSSR count). The molecular formula is C22H21FN4O3. The molecule has 0 saturated heterocycles. The zero-order chi connectivity index (χ0) is 21.5. The van der Waals surface area contributed by atoms with Gasteiger partial charge >= 0.3 is 5.84 Å². The maximum atomic E-state index is 13.4. The smallest absolute Gasteiger partial charge is 0.306 e. The summed E-state index contributed by atoms with van der Waals surface area (Å²) < 4.78 is 20.6. The molecule has 4 aromatic rings. The first-order valence-corrected chi connectivity index (χ1v) is 9.47. The normalized spacial score (nSPS) is 11.7. The van der Waals surface area contributed by atoms with Gasteiger partial charge in [-0.2, -0.15) is 4.98 Å². The Morgan fingerprint density at radius 3 is 2.53 bits per heavy atom. The SMILES string of the molecule is CC(C)(C)CNc1cc(-c2c(-c3ccc(F)cc3)nc3occn23)ccc1[N+](=O)[O-]. The van der Waals surface area contributed by atoms with Gasteiger partial charge in [0.25, 0.3) is 5.69 Å². The zero-order valence-electron chi connectivity index (χ0n) is 16.8. The van der Waals surface area contributed by atoms with Crippen molar-refractivity contribution < 1.29 is 13.7 Å². The summed E-state index contributed by atoms with van der Waals surface area (Å²) in [6.07, 6.45) is 3.25. The molecular weight excluding hydrogens is 387 g/mol. The van der Waals surface area contributed by atoms with E-state index in [2.05, 4.69) is 10.3 Å². The number of benzene rings is 2. The number of fused-ring (bicyclic) bond motifs is 1. The van der Waals surface area contributed by atoms with Crippen LogP contribution < -0.4 is 5.32 Å². The lowest BCUT2D eigenvalue weighted by atomic mass is 9.96. The summed E-state index contributed by atoms with van der Waals surface area (Å²) in [6.45, 7) is 6.71. The summed E-state index contributed by atoms with van der Waals surface area (Å²) in [5, 5.41) is 14.7. The first-order valence-electron chi connectivity index (χ1n) is 9.47. The van der Waals surface area contributed by atoms with E-state index in [1.807, 2.05) is 20.8 Å². The minimum absolute atomic E-state index is 0.000662. The van der Waals surface area contributed by atoms with Crippen molar-refractivity contribution >= 4 is 17.2 Å². The number of nitro groups is 1. The van der Waals surface area contributed by atoms with Crippen LogP contribution in [-0.4, -0.2) is 20.9 Å². The molecule has 2 heterocycles. The third-order valence-corrected chi connectivity index (χ3v) is 4.66. The molecule has 0 atom stereocenters. The van der Waals surface area contributed by atoms with Gasteiger partial charge in [-0.1, -0.05) is 20.8 Å². The number of nitrogens with zero attached hydrogens (tertiary/aromatic N) is 3. The third kappa shape index (κ3) is 3.76. The van der Waals surface area contributed by atoms with Crippen LogP contribution in [0.1, 0.15) is 20.8 Å². The molecule has 8 heteroatoms. The molecule has 1 N–H and O–H groups in total. The number of nitrogens with one attached hydrogen (secondary N) is 1. The van der Waals surface area contributed by atoms with E-state index in [1.54, 1.807) is 34.9 Å². The lowest BCUT2D eigenvalue weighted by Crippen LogP contribution is -2.19. The van der Waals surface area contributed by atoms with E-state index in [-0.39, 0.29) is 16.9 Å². The molecule has 0 saturated carbocycles. The van der Waals surface area contributed by atoms with Crippen molar-refractivity contribution in [1.82, 2.24) is 9.38 Å². The Balaban J connectivity index is 1.87. The molecule has 0 radical (unpaired) electrons. The van der Waals surface area contributed by atoms with Gasteiger partial charge < -0.3 is 9.73 Å². The largest absolute Gasteiger partial charge is 0.432 e. The first-order chi connectivity index (χ1) is 14.2. The zero-order valence-corrected chi connectivity index (χ0v) is 16.8. The second-order valence-corrected chi connectivity index (χ2v) is 8.27. The molecule has 0 aliphatic carbocycles. The van der Waals surface area contributed by atoms with Crippen LogP contribution in [0.4, 0.5) is 15.8 Å². The van der Waals surface area contributed by atoms with E-state index < -0.39 is 4.92 Å². The summed E-state index contributed by atoms with van der Waals surface area (Å²) >= 11 is 0. The quantitative estimate of drug-likeness (QED) is 0.335. The van der Waals surface area contributed by atoms with Crippen molar-refractivity contribution in [1.29, 1.82) is 0 Å². The number of hydrogen-bond acceptors (Lipinski definition) is 5. The van der Waals surface area contributed by atoms with E-state index >= 15 is 0 Å². The van der Waals surface area contributed by atoms with E-state index in [9.17, 15) is 14.5 Å². The monoisotopic (exact) mass is 408 g/mol. The molecule has 7 nitrogen and oxygen atoms in total. The molecule has 154 valence electrons. The Kier molecular flexibility index (Phi) is 4.77. The summed E-state index contributed by atoms with van der Waals surface area (Å²) in [5.41, 5.74) is 3.12. The van der Waals surface area contributed by atoms with Crippen LogP contribution in [0.2, 0.25) is 0 Å². The van der Waals surface area contributed by atoms with Gasteiger partial charge in [0, 0.05) is 29.9 Å². The van der Waals surface area contributed by atoms with Gasteiger partial charge in [-0.05, 0) is 41.8 Å². The summed E-state index contributed by atoms with van der Waals surface area (Å²) in [5.74, 6) is 0.0408. The highest BCUT2D eigenvalue weighted by atomic mass is 19.1. The molecule has 0 fully saturated rings. The van der Waals surface area contributed by atoms with Crippen molar-refractivity contribution in [3.05, 3.63) is 70.9 Å². The van der Waals surface area contributed by atoms with Gasteiger partial charge in [-0.15, -0.1) is 0 Å². The number of rotatable bonds is 5. The lowest BCUT2D eigenvalue weighted by molar-refractivity contribution is -0.384. The fraction of sp³-hybridized carbons (Fsp3) is 0.227. The van der Waals surface area contributed by atoms with Gasteiger partial charge in [0.2, 0.25) is 0 Å². The second kappa shape index (κ2) is 7.29. The van der Waals surface area contributed by atoms with Crippen LogP contribution in [-0.2, 0) is 0 Å². The molecule has 30 heavy (non-hydrogen) atoms. The molecule has 0 bridgehead atoms. The van der Waals surface area contributed by atoms with E-state index in [1.165, 1.54) is 24.5 Å². The maximum Gasteiger partial charge on any atom is 0.306 e.